The zero-order chi connectivity index (χ0) is 12.4. The zero-order valence-corrected chi connectivity index (χ0v) is 10.8. The fourth-order valence-corrected chi connectivity index (χ4v) is 3.08. The third kappa shape index (κ3) is 3.06. The second-order valence-electron chi connectivity index (χ2n) is 4.67. The van der Waals surface area contributed by atoms with Crippen molar-refractivity contribution in [3.8, 4) is 0 Å². The van der Waals surface area contributed by atoms with Crippen molar-refractivity contribution < 1.29 is 8.42 Å². The summed E-state index contributed by atoms with van der Waals surface area (Å²) in [5.74, 6) is 0. The van der Waals surface area contributed by atoms with E-state index in [0.717, 1.165) is 19.4 Å². The summed E-state index contributed by atoms with van der Waals surface area (Å²) in [7, 11) is -1.45. The lowest BCUT2D eigenvalue weighted by Gasteiger charge is -2.15. The lowest BCUT2D eigenvalue weighted by molar-refractivity contribution is 0.468. The van der Waals surface area contributed by atoms with Crippen molar-refractivity contribution in [2.45, 2.75) is 17.7 Å². The molecule has 17 heavy (non-hydrogen) atoms. The van der Waals surface area contributed by atoms with Gasteiger partial charge in [-0.3, -0.25) is 0 Å². The third-order valence-corrected chi connectivity index (χ3v) is 4.62. The minimum atomic E-state index is -3.35. The molecular weight excluding hydrogens is 236 g/mol. The van der Waals surface area contributed by atoms with Crippen LogP contribution in [0, 0.1) is 5.41 Å². The molecule has 0 atom stereocenters. The Morgan fingerprint density at radius 1 is 1.18 bits per heavy atom. The van der Waals surface area contributed by atoms with Gasteiger partial charge in [0, 0.05) is 13.1 Å². The molecular formula is C12H18N2O2S. The highest BCUT2D eigenvalue weighted by Gasteiger charge is 2.42. The molecule has 2 N–H and O–H groups in total. The number of benzene rings is 1. The first-order chi connectivity index (χ1) is 8.08. The van der Waals surface area contributed by atoms with Gasteiger partial charge in [0.2, 0.25) is 10.0 Å². The first-order valence-electron chi connectivity index (χ1n) is 5.77. The van der Waals surface area contributed by atoms with Crippen LogP contribution in [-0.4, -0.2) is 28.6 Å². The van der Waals surface area contributed by atoms with Gasteiger partial charge < -0.3 is 5.32 Å². The van der Waals surface area contributed by atoms with E-state index in [4.69, 9.17) is 0 Å². The van der Waals surface area contributed by atoms with Crippen molar-refractivity contribution in [3.63, 3.8) is 0 Å². The zero-order valence-electron chi connectivity index (χ0n) is 9.94. The molecule has 5 heteroatoms. The molecule has 1 saturated carbocycles. The maximum Gasteiger partial charge on any atom is 0.240 e. The number of hydrogen-bond acceptors (Lipinski definition) is 3. The third-order valence-electron chi connectivity index (χ3n) is 3.20. The maximum absolute atomic E-state index is 12.0. The monoisotopic (exact) mass is 254 g/mol. The van der Waals surface area contributed by atoms with Crippen LogP contribution in [0.5, 0.6) is 0 Å². The van der Waals surface area contributed by atoms with E-state index in [1.165, 1.54) is 0 Å². The quantitative estimate of drug-likeness (QED) is 0.795. The number of nitrogens with one attached hydrogen (secondary N) is 2. The average molecular weight is 254 g/mol. The highest BCUT2D eigenvalue weighted by molar-refractivity contribution is 7.89. The van der Waals surface area contributed by atoms with Gasteiger partial charge >= 0.3 is 0 Å². The van der Waals surface area contributed by atoms with Crippen LogP contribution in [0.15, 0.2) is 35.2 Å². The molecule has 0 saturated heterocycles. The first kappa shape index (κ1) is 12.5. The Balaban J connectivity index is 2.00. The van der Waals surface area contributed by atoms with E-state index in [9.17, 15) is 8.42 Å². The molecule has 0 aromatic heterocycles. The van der Waals surface area contributed by atoms with Gasteiger partial charge in [-0.25, -0.2) is 13.1 Å². The number of sulfonamides is 1. The van der Waals surface area contributed by atoms with Crippen LogP contribution >= 0.6 is 0 Å². The van der Waals surface area contributed by atoms with Crippen LogP contribution in [0.2, 0.25) is 0 Å². The summed E-state index contributed by atoms with van der Waals surface area (Å²) < 4.78 is 26.7. The Kier molecular flexibility index (Phi) is 3.51. The molecule has 94 valence electrons. The van der Waals surface area contributed by atoms with Crippen LogP contribution in [0.1, 0.15) is 12.8 Å². The second-order valence-corrected chi connectivity index (χ2v) is 6.43. The van der Waals surface area contributed by atoms with E-state index in [2.05, 4.69) is 10.0 Å². The van der Waals surface area contributed by atoms with Gasteiger partial charge in [0.15, 0.2) is 0 Å². The van der Waals surface area contributed by atoms with Crippen molar-refractivity contribution in [1.82, 2.24) is 10.0 Å². The van der Waals surface area contributed by atoms with Crippen LogP contribution in [0.3, 0.4) is 0 Å². The minimum Gasteiger partial charge on any atom is -0.319 e. The molecule has 0 radical (unpaired) electrons. The second kappa shape index (κ2) is 4.76. The number of hydrogen-bond donors (Lipinski definition) is 2. The van der Waals surface area contributed by atoms with E-state index in [1.54, 1.807) is 24.3 Å². The van der Waals surface area contributed by atoms with Gasteiger partial charge in [-0.1, -0.05) is 18.2 Å². The first-order valence-corrected chi connectivity index (χ1v) is 7.26. The van der Waals surface area contributed by atoms with Gasteiger partial charge in [0.25, 0.3) is 0 Å². The Labute approximate surface area is 102 Å². The fraction of sp³-hybridized carbons (Fsp3) is 0.500. The molecule has 0 bridgehead atoms. The standard InChI is InChI=1S/C12H18N2O2S/c1-13-9-12(7-8-12)10-14-17(15,16)11-5-3-2-4-6-11/h2-6,13-14H,7-10H2,1H3. The van der Waals surface area contributed by atoms with E-state index < -0.39 is 10.0 Å². The Morgan fingerprint density at radius 2 is 1.82 bits per heavy atom. The molecule has 2 rings (SSSR count). The molecule has 1 fully saturated rings. The Bertz CT molecular complexity index is 467. The summed E-state index contributed by atoms with van der Waals surface area (Å²) >= 11 is 0. The maximum atomic E-state index is 12.0. The summed E-state index contributed by atoms with van der Waals surface area (Å²) in [6.07, 6.45) is 2.18. The molecule has 4 nitrogen and oxygen atoms in total. The van der Waals surface area contributed by atoms with E-state index >= 15 is 0 Å². The Hall–Kier alpha value is -0.910. The Morgan fingerprint density at radius 3 is 2.35 bits per heavy atom. The van der Waals surface area contributed by atoms with Crippen LogP contribution < -0.4 is 10.0 Å². The lowest BCUT2D eigenvalue weighted by Crippen LogP contribution is -2.34. The van der Waals surface area contributed by atoms with Gasteiger partial charge in [-0.05, 0) is 37.4 Å². The van der Waals surface area contributed by atoms with Crippen LogP contribution in [0.4, 0.5) is 0 Å². The van der Waals surface area contributed by atoms with Crippen LogP contribution in [-0.2, 0) is 10.0 Å². The molecule has 1 aliphatic rings. The van der Waals surface area contributed by atoms with E-state index in [-0.39, 0.29) is 5.41 Å². The summed E-state index contributed by atoms with van der Waals surface area (Å²) in [6.45, 7) is 1.38. The van der Waals surface area contributed by atoms with Gasteiger partial charge in [-0.15, -0.1) is 0 Å². The van der Waals surface area contributed by atoms with Gasteiger partial charge in [-0.2, -0.15) is 0 Å². The predicted molar refractivity (Wildman–Crippen MR) is 67.2 cm³/mol. The van der Waals surface area contributed by atoms with Gasteiger partial charge in [0.05, 0.1) is 4.90 Å². The minimum absolute atomic E-state index is 0.136. The molecule has 0 amide bonds. The van der Waals surface area contributed by atoms with Crippen molar-refractivity contribution in [3.05, 3.63) is 30.3 Å². The highest BCUT2D eigenvalue weighted by Crippen LogP contribution is 2.44. The highest BCUT2D eigenvalue weighted by atomic mass is 32.2. The largest absolute Gasteiger partial charge is 0.319 e. The average Bonchev–Trinajstić information content (AvgIpc) is 3.09. The van der Waals surface area contributed by atoms with E-state index in [1.807, 2.05) is 13.1 Å². The van der Waals surface area contributed by atoms with Crippen molar-refractivity contribution in [2.24, 2.45) is 5.41 Å². The molecule has 0 unspecified atom stereocenters. The molecule has 0 heterocycles. The summed E-state index contributed by atoms with van der Waals surface area (Å²) in [4.78, 5) is 0.334. The molecule has 0 aliphatic heterocycles. The normalized spacial score (nSPS) is 17.9. The van der Waals surface area contributed by atoms with Crippen molar-refractivity contribution >= 4 is 10.0 Å². The number of rotatable bonds is 6. The molecule has 1 aromatic carbocycles. The van der Waals surface area contributed by atoms with Gasteiger partial charge in [0.1, 0.15) is 0 Å². The lowest BCUT2D eigenvalue weighted by atomic mass is 10.1. The summed E-state index contributed by atoms with van der Waals surface area (Å²) in [6, 6.07) is 8.49. The molecule has 1 aromatic rings. The topological polar surface area (TPSA) is 58.2 Å². The van der Waals surface area contributed by atoms with Crippen molar-refractivity contribution in [1.29, 1.82) is 0 Å². The van der Waals surface area contributed by atoms with Crippen LogP contribution in [0.25, 0.3) is 0 Å². The molecule has 1 aliphatic carbocycles. The SMILES string of the molecule is CNCC1(CNS(=O)(=O)c2ccccc2)CC1. The summed E-state index contributed by atoms with van der Waals surface area (Å²) in [5.41, 5.74) is 0.136. The fourth-order valence-electron chi connectivity index (χ4n) is 1.90. The van der Waals surface area contributed by atoms with E-state index in [0.29, 0.717) is 11.4 Å². The predicted octanol–water partition coefficient (Wildman–Crippen LogP) is 0.964. The summed E-state index contributed by atoms with van der Waals surface area (Å²) in [5, 5.41) is 3.11. The van der Waals surface area contributed by atoms with Crippen molar-refractivity contribution in [2.75, 3.05) is 20.1 Å². The smallest absolute Gasteiger partial charge is 0.240 e. The molecule has 0 spiro atoms.